The molecule has 3 saturated carbocycles. The normalized spacial score (nSPS) is 56.1. The van der Waals surface area contributed by atoms with E-state index >= 15 is 4.39 Å². The number of rotatable bonds is 0. The number of hydrogen-bond donors (Lipinski definition) is 0. The van der Waals surface area contributed by atoms with Gasteiger partial charge < -0.3 is 0 Å². The fourth-order valence-corrected chi connectivity index (χ4v) is 7.09. The van der Waals surface area contributed by atoms with E-state index in [0.29, 0.717) is 24.2 Å². The van der Waals surface area contributed by atoms with Crippen LogP contribution in [0.2, 0.25) is 0 Å². The Kier molecular flexibility index (Phi) is 3.71. The zero-order chi connectivity index (χ0) is 16.4. The second-order valence-corrected chi connectivity index (χ2v) is 9.60. The van der Waals surface area contributed by atoms with Gasteiger partial charge in [-0.2, -0.15) is 0 Å². The van der Waals surface area contributed by atoms with Gasteiger partial charge in [0, 0.05) is 11.8 Å². The Morgan fingerprint density at radius 1 is 1.00 bits per heavy atom. The van der Waals surface area contributed by atoms with Crippen LogP contribution in [0.5, 0.6) is 0 Å². The van der Waals surface area contributed by atoms with Crippen molar-refractivity contribution in [3.8, 4) is 0 Å². The van der Waals surface area contributed by atoms with Crippen molar-refractivity contribution in [3.63, 3.8) is 0 Å². The van der Waals surface area contributed by atoms with Gasteiger partial charge in [-0.25, -0.2) is 8.78 Å². The third-order valence-corrected chi connectivity index (χ3v) is 8.54. The Bertz CT molecular complexity index is 512. The van der Waals surface area contributed by atoms with Gasteiger partial charge in [-0.3, -0.25) is 0 Å². The molecule has 0 aromatic carbocycles. The number of fused-ring (bicyclic) bond motifs is 5. The topological polar surface area (TPSA) is 0 Å². The summed E-state index contributed by atoms with van der Waals surface area (Å²) in [7, 11) is 0. The molecule has 0 spiro atoms. The summed E-state index contributed by atoms with van der Waals surface area (Å²) in [6.45, 7) is 6.72. The molecule has 4 rings (SSSR count). The van der Waals surface area contributed by atoms with Crippen LogP contribution in [0.1, 0.15) is 72.1 Å². The zero-order valence-electron chi connectivity index (χ0n) is 15.0. The van der Waals surface area contributed by atoms with Gasteiger partial charge in [0.1, 0.15) is 12.3 Å². The van der Waals surface area contributed by atoms with Crippen molar-refractivity contribution >= 4 is 0 Å². The summed E-state index contributed by atoms with van der Waals surface area (Å²) in [5.74, 6) is 2.04. The average Bonchev–Trinajstić information content (AvgIpc) is 2.52. The number of halogens is 2. The van der Waals surface area contributed by atoms with Crippen LogP contribution in [-0.4, -0.2) is 12.3 Å². The van der Waals surface area contributed by atoms with E-state index in [1.807, 2.05) is 0 Å². The molecule has 4 aliphatic carbocycles. The Labute approximate surface area is 140 Å². The van der Waals surface area contributed by atoms with Gasteiger partial charge in [0.2, 0.25) is 0 Å². The van der Waals surface area contributed by atoms with Crippen LogP contribution >= 0.6 is 0 Å². The third kappa shape index (κ3) is 2.19. The quantitative estimate of drug-likeness (QED) is 0.462. The lowest BCUT2D eigenvalue weighted by Gasteiger charge is -2.61. The molecule has 4 aliphatic rings. The van der Waals surface area contributed by atoms with E-state index in [9.17, 15) is 4.39 Å². The highest BCUT2D eigenvalue weighted by Crippen LogP contribution is 2.64. The van der Waals surface area contributed by atoms with Gasteiger partial charge in [0.25, 0.3) is 0 Å². The molecule has 8 atom stereocenters. The second kappa shape index (κ2) is 5.30. The van der Waals surface area contributed by atoms with E-state index in [-0.39, 0.29) is 16.7 Å². The summed E-state index contributed by atoms with van der Waals surface area (Å²) in [6.07, 6.45) is 8.98. The lowest BCUT2D eigenvalue weighted by molar-refractivity contribution is -0.118. The molecule has 0 radical (unpaired) electrons. The fraction of sp³-hybridized carbons (Fsp3) is 0.905. The maximum absolute atomic E-state index is 15.1. The number of alkyl halides is 2. The van der Waals surface area contributed by atoms with Crippen LogP contribution in [0.15, 0.2) is 11.6 Å². The third-order valence-electron chi connectivity index (χ3n) is 8.54. The Balaban J connectivity index is 1.66. The predicted octanol–water partition coefficient (Wildman–Crippen LogP) is 6.26. The van der Waals surface area contributed by atoms with Crippen molar-refractivity contribution in [3.05, 3.63) is 11.6 Å². The molecule has 0 bridgehead atoms. The minimum Gasteiger partial charge on any atom is -0.247 e. The lowest BCUT2D eigenvalue weighted by atomic mass is 9.44. The van der Waals surface area contributed by atoms with Crippen LogP contribution in [0, 0.1) is 34.5 Å². The molecule has 0 aromatic rings. The molecular formula is C21H32F2. The Morgan fingerprint density at radius 2 is 1.78 bits per heavy atom. The smallest absolute Gasteiger partial charge is 0.108 e. The summed E-state index contributed by atoms with van der Waals surface area (Å²) < 4.78 is 29.0. The highest BCUT2D eigenvalue weighted by molar-refractivity contribution is 5.25. The maximum atomic E-state index is 15.1. The first-order chi connectivity index (χ1) is 10.9. The monoisotopic (exact) mass is 322 g/mol. The van der Waals surface area contributed by atoms with Gasteiger partial charge in [0.15, 0.2) is 0 Å². The zero-order valence-corrected chi connectivity index (χ0v) is 15.0. The van der Waals surface area contributed by atoms with Crippen molar-refractivity contribution in [1.82, 2.24) is 0 Å². The van der Waals surface area contributed by atoms with Crippen LogP contribution in [0.4, 0.5) is 8.78 Å². The van der Waals surface area contributed by atoms with Gasteiger partial charge in [-0.15, -0.1) is 0 Å². The van der Waals surface area contributed by atoms with Gasteiger partial charge in [0.05, 0.1) is 0 Å². The molecule has 23 heavy (non-hydrogen) atoms. The van der Waals surface area contributed by atoms with Crippen LogP contribution < -0.4 is 0 Å². The number of allylic oxidation sites excluding steroid dienone is 2. The van der Waals surface area contributed by atoms with Crippen molar-refractivity contribution < 1.29 is 8.78 Å². The van der Waals surface area contributed by atoms with E-state index < -0.39 is 12.3 Å². The lowest BCUT2D eigenvalue weighted by Crippen LogP contribution is -2.55. The van der Waals surface area contributed by atoms with Crippen LogP contribution in [0.25, 0.3) is 0 Å². The molecule has 2 heteroatoms. The van der Waals surface area contributed by atoms with Gasteiger partial charge in [-0.1, -0.05) is 32.4 Å². The first kappa shape index (κ1) is 16.1. The first-order valence-electron chi connectivity index (χ1n) is 9.84. The van der Waals surface area contributed by atoms with Crippen molar-refractivity contribution in [1.29, 1.82) is 0 Å². The molecular weight excluding hydrogens is 290 g/mol. The summed E-state index contributed by atoms with van der Waals surface area (Å²) in [5, 5.41) is 0. The summed E-state index contributed by atoms with van der Waals surface area (Å²) >= 11 is 0. The van der Waals surface area contributed by atoms with Crippen molar-refractivity contribution in [2.45, 2.75) is 84.5 Å². The minimum atomic E-state index is -0.637. The van der Waals surface area contributed by atoms with Crippen molar-refractivity contribution in [2.24, 2.45) is 34.5 Å². The summed E-state index contributed by atoms with van der Waals surface area (Å²) in [5.41, 5.74) is 1.47. The molecule has 0 unspecified atom stereocenters. The molecule has 0 N–H and O–H groups in total. The SMILES string of the molecule is C[C@@H]1CC[C@H]2[C@@H]3CC=C4C[C@@H](F)CC[C@]4(C)[C@H]3CC[C@]2(C)[C@H]1F. The summed E-state index contributed by atoms with van der Waals surface area (Å²) in [6, 6.07) is 0. The molecule has 0 saturated heterocycles. The average molecular weight is 322 g/mol. The van der Waals surface area contributed by atoms with Crippen LogP contribution in [-0.2, 0) is 0 Å². The molecule has 0 aliphatic heterocycles. The van der Waals surface area contributed by atoms with E-state index in [2.05, 4.69) is 26.8 Å². The van der Waals surface area contributed by atoms with Gasteiger partial charge >= 0.3 is 0 Å². The first-order valence-corrected chi connectivity index (χ1v) is 9.84. The standard InChI is InChI=1S/C21H32F2/c1-13-4-7-17-16-6-5-14-12-15(22)8-10-20(14,2)18(16)9-11-21(17,3)19(13)23/h5,13,15-19H,4,6-12H2,1-3H3/t13-,15+,16+,17+,18+,19+,20+,21+/m1/s1. The van der Waals surface area contributed by atoms with E-state index in [1.165, 1.54) is 12.0 Å². The largest absolute Gasteiger partial charge is 0.247 e. The molecule has 0 amide bonds. The highest BCUT2D eigenvalue weighted by Gasteiger charge is 2.58. The summed E-state index contributed by atoms with van der Waals surface area (Å²) in [4.78, 5) is 0. The van der Waals surface area contributed by atoms with E-state index in [0.717, 1.165) is 38.5 Å². The van der Waals surface area contributed by atoms with E-state index in [4.69, 9.17) is 0 Å². The Hall–Kier alpha value is -0.400. The number of hydrogen-bond acceptors (Lipinski definition) is 0. The second-order valence-electron chi connectivity index (χ2n) is 9.60. The molecule has 0 nitrogen and oxygen atoms in total. The van der Waals surface area contributed by atoms with E-state index in [1.54, 1.807) is 0 Å². The Morgan fingerprint density at radius 3 is 2.57 bits per heavy atom. The molecule has 0 aromatic heterocycles. The van der Waals surface area contributed by atoms with Crippen molar-refractivity contribution in [2.75, 3.05) is 0 Å². The van der Waals surface area contributed by atoms with Crippen LogP contribution in [0.3, 0.4) is 0 Å². The fourth-order valence-electron chi connectivity index (χ4n) is 7.09. The highest BCUT2D eigenvalue weighted by atomic mass is 19.1. The maximum Gasteiger partial charge on any atom is 0.108 e. The molecule has 3 fully saturated rings. The predicted molar refractivity (Wildman–Crippen MR) is 90.7 cm³/mol. The molecule has 130 valence electrons. The van der Waals surface area contributed by atoms with Gasteiger partial charge in [-0.05, 0) is 74.0 Å². The molecule has 0 heterocycles. The minimum absolute atomic E-state index is 0.113.